The van der Waals surface area contributed by atoms with Crippen molar-refractivity contribution in [3.05, 3.63) is 0 Å². The standard InChI is InChI=1S/C8H19NO/c1-4-8(3)9-5-7(2)6-10/h7-10H,4-6H2,1-3H3. The summed E-state index contributed by atoms with van der Waals surface area (Å²) in [5, 5.41) is 12.0. The van der Waals surface area contributed by atoms with Crippen LogP contribution in [0.5, 0.6) is 0 Å². The van der Waals surface area contributed by atoms with Gasteiger partial charge in [0.2, 0.25) is 0 Å². The van der Waals surface area contributed by atoms with Crippen molar-refractivity contribution < 1.29 is 5.11 Å². The minimum atomic E-state index is 0.281. The quantitative estimate of drug-likeness (QED) is 0.605. The van der Waals surface area contributed by atoms with E-state index in [4.69, 9.17) is 5.11 Å². The minimum absolute atomic E-state index is 0.281. The maximum Gasteiger partial charge on any atom is 0.0468 e. The predicted molar refractivity (Wildman–Crippen MR) is 44.0 cm³/mol. The summed E-state index contributed by atoms with van der Waals surface area (Å²) >= 11 is 0. The summed E-state index contributed by atoms with van der Waals surface area (Å²) in [5.74, 6) is 0.383. The highest BCUT2D eigenvalue weighted by atomic mass is 16.3. The van der Waals surface area contributed by atoms with E-state index in [2.05, 4.69) is 19.2 Å². The molecule has 0 saturated carbocycles. The van der Waals surface area contributed by atoms with Crippen LogP contribution in [0.4, 0.5) is 0 Å². The van der Waals surface area contributed by atoms with Crippen LogP contribution in [0.1, 0.15) is 27.2 Å². The highest BCUT2D eigenvalue weighted by molar-refractivity contribution is 4.60. The molecule has 0 aliphatic rings. The van der Waals surface area contributed by atoms with Crippen LogP contribution in [-0.4, -0.2) is 24.3 Å². The molecule has 0 aliphatic carbocycles. The topological polar surface area (TPSA) is 32.3 Å². The minimum Gasteiger partial charge on any atom is -0.396 e. The SMILES string of the molecule is CCC(C)NCC(C)CO. The van der Waals surface area contributed by atoms with Gasteiger partial charge in [-0.3, -0.25) is 0 Å². The first kappa shape index (κ1) is 9.92. The molecule has 0 aromatic heterocycles. The van der Waals surface area contributed by atoms with E-state index >= 15 is 0 Å². The molecule has 0 saturated heterocycles. The second-order valence-electron chi connectivity index (χ2n) is 3.01. The monoisotopic (exact) mass is 145 g/mol. The van der Waals surface area contributed by atoms with Crippen molar-refractivity contribution in [1.82, 2.24) is 5.32 Å². The number of hydrogen-bond acceptors (Lipinski definition) is 2. The Morgan fingerprint density at radius 1 is 1.40 bits per heavy atom. The van der Waals surface area contributed by atoms with Gasteiger partial charge in [0.1, 0.15) is 0 Å². The lowest BCUT2D eigenvalue weighted by Crippen LogP contribution is -2.30. The lowest BCUT2D eigenvalue weighted by atomic mass is 10.2. The Hall–Kier alpha value is -0.0800. The maximum atomic E-state index is 8.68. The molecule has 10 heavy (non-hydrogen) atoms. The molecule has 2 nitrogen and oxygen atoms in total. The number of aliphatic hydroxyl groups excluding tert-OH is 1. The van der Waals surface area contributed by atoms with Gasteiger partial charge in [0.15, 0.2) is 0 Å². The van der Waals surface area contributed by atoms with Crippen molar-refractivity contribution in [2.24, 2.45) is 5.92 Å². The Kier molecular flexibility index (Phi) is 5.64. The highest BCUT2D eigenvalue weighted by Crippen LogP contribution is 1.92. The van der Waals surface area contributed by atoms with Crippen LogP contribution in [0.25, 0.3) is 0 Å². The van der Waals surface area contributed by atoms with Gasteiger partial charge in [-0.05, 0) is 19.3 Å². The summed E-state index contributed by atoms with van der Waals surface area (Å²) in [6, 6.07) is 0.578. The summed E-state index contributed by atoms with van der Waals surface area (Å²) in [6.45, 7) is 7.55. The first-order valence-corrected chi connectivity index (χ1v) is 4.05. The molecule has 0 radical (unpaired) electrons. The van der Waals surface area contributed by atoms with Gasteiger partial charge >= 0.3 is 0 Å². The molecule has 0 aromatic carbocycles. The van der Waals surface area contributed by atoms with E-state index in [0.717, 1.165) is 13.0 Å². The van der Waals surface area contributed by atoms with Crippen LogP contribution in [0.2, 0.25) is 0 Å². The number of nitrogens with one attached hydrogen (secondary N) is 1. The molecule has 2 unspecified atom stereocenters. The maximum absolute atomic E-state index is 8.68. The number of rotatable bonds is 5. The molecule has 0 aromatic rings. The van der Waals surface area contributed by atoms with Crippen LogP contribution in [0.15, 0.2) is 0 Å². The summed E-state index contributed by atoms with van der Waals surface area (Å²) < 4.78 is 0. The summed E-state index contributed by atoms with van der Waals surface area (Å²) in [7, 11) is 0. The fraction of sp³-hybridized carbons (Fsp3) is 1.00. The molecule has 0 fully saturated rings. The smallest absolute Gasteiger partial charge is 0.0468 e. The third-order valence-electron chi connectivity index (χ3n) is 1.74. The van der Waals surface area contributed by atoms with Gasteiger partial charge in [0.05, 0.1) is 0 Å². The predicted octanol–water partition coefficient (Wildman–Crippen LogP) is 1.00. The van der Waals surface area contributed by atoms with Gasteiger partial charge < -0.3 is 10.4 Å². The lowest BCUT2D eigenvalue weighted by molar-refractivity contribution is 0.230. The van der Waals surface area contributed by atoms with Crippen molar-refractivity contribution in [2.75, 3.05) is 13.2 Å². The van der Waals surface area contributed by atoms with E-state index in [1.54, 1.807) is 0 Å². The second-order valence-corrected chi connectivity index (χ2v) is 3.01. The molecule has 2 N–H and O–H groups in total. The highest BCUT2D eigenvalue weighted by Gasteiger charge is 2.01. The molecule has 0 rings (SSSR count). The van der Waals surface area contributed by atoms with Gasteiger partial charge in [-0.2, -0.15) is 0 Å². The fourth-order valence-corrected chi connectivity index (χ4v) is 0.611. The third kappa shape index (κ3) is 4.77. The summed E-state index contributed by atoms with van der Waals surface area (Å²) in [4.78, 5) is 0. The van der Waals surface area contributed by atoms with Crippen molar-refractivity contribution >= 4 is 0 Å². The van der Waals surface area contributed by atoms with Crippen molar-refractivity contribution in [3.63, 3.8) is 0 Å². The lowest BCUT2D eigenvalue weighted by Gasteiger charge is -2.14. The first-order chi connectivity index (χ1) is 4.70. The zero-order chi connectivity index (χ0) is 7.98. The van der Waals surface area contributed by atoms with Gasteiger partial charge in [-0.15, -0.1) is 0 Å². The molecule has 0 spiro atoms. The van der Waals surface area contributed by atoms with Crippen LogP contribution in [0, 0.1) is 5.92 Å². The number of hydrogen-bond donors (Lipinski definition) is 2. The normalized spacial score (nSPS) is 16.8. The Balaban J connectivity index is 3.17. The summed E-state index contributed by atoms with van der Waals surface area (Å²) in [6.07, 6.45) is 1.15. The van der Waals surface area contributed by atoms with Crippen LogP contribution in [-0.2, 0) is 0 Å². The Morgan fingerprint density at radius 3 is 2.40 bits per heavy atom. The summed E-state index contributed by atoms with van der Waals surface area (Å²) in [5.41, 5.74) is 0. The van der Waals surface area contributed by atoms with Crippen molar-refractivity contribution in [2.45, 2.75) is 33.2 Å². The van der Waals surface area contributed by atoms with Crippen LogP contribution in [0.3, 0.4) is 0 Å². The van der Waals surface area contributed by atoms with E-state index in [9.17, 15) is 0 Å². The fourth-order valence-electron chi connectivity index (χ4n) is 0.611. The third-order valence-corrected chi connectivity index (χ3v) is 1.74. The van der Waals surface area contributed by atoms with E-state index in [1.165, 1.54) is 0 Å². The van der Waals surface area contributed by atoms with Crippen molar-refractivity contribution in [1.29, 1.82) is 0 Å². The van der Waals surface area contributed by atoms with E-state index in [-0.39, 0.29) is 6.61 Å². The molecule has 0 heterocycles. The van der Waals surface area contributed by atoms with Gasteiger partial charge in [0, 0.05) is 19.2 Å². The molecular formula is C8H19NO. The van der Waals surface area contributed by atoms with E-state index in [0.29, 0.717) is 12.0 Å². The largest absolute Gasteiger partial charge is 0.396 e. The Bertz CT molecular complexity index is 65.7. The van der Waals surface area contributed by atoms with Gasteiger partial charge in [-0.25, -0.2) is 0 Å². The molecule has 62 valence electrons. The average molecular weight is 145 g/mol. The van der Waals surface area contributed by atoms with Crippen molar-refractivity contribution in [3.8, 4) is 0 Å². The van der Waals surface area contributed by atoms with E-state index in [1.807, 2.05) is 6.92 Å². The first-order valence-electron chi connectivity index (χ1n) is 4.05. The molecule has 2 atom stereocenters. The molecular weight excluding hydrogens is 126 g/mol. The molecule has 0 amide bonds. The van der Waals surface area contributed by atoms with Gasteiger partial charge in [-0.1, -0.05) is 13.8 Å². The van der Waals surface area contributed by atoms with Gasteiger partial charge in [0.25, 0.3) is 0 Å². The second kappa shape index (κ2) is 5.69. The average Bonchev–Trinajstić information content (AvgIpc) is 1.99. The Labute approximate surface area is 63.6 Å². The molecule has 0 bridgehead atoms. The van der Waals surface area contributed by atoms with Crippen LogP contribution < -0.4 is 5.32 Å². The molecule has 2 heteroatoms. The number of aliphatic hydroxyl groups is 1. The molecule has 0 aliphatic heterocycles. The van der Waals surface area contributed by atoms with E-state index < -0.39 is 0 Å². The Morgan fingerprint density at radius 2 is 2.00 bits per heavy atom. The van der Waals surface area contributed by atoms with Crippen LogP contribution >= 0.6 is 0 Å². The zero-order valence-corrected chi connectivity index (χ0v) is 7.22. The zero-order valence-electron chi connectivity index (χ0n) is 7.22.